The molecule has 0 unspecified atom stereocenters. The minimum Gasteiger partial charge on any atom is -0.360 e. The number of aryl methyl sites for hydroxylation is 1. The van der Waals surface area contributed by atoms with Gasteiger partial charge in [-0.15, -0.1) is 0 Å². The number of piperazine rings is 1. The van der Waals surface area contributed by atoms with Crippen molar-refractivity contribution in [3.05, 3.63) is 59.9 Å². The van der Waals surface area contributed by atoms with Crippen molar-refractivity contribution in [2.45, 2.75) is 6.92 Å². The second-order valence-corrected chi connectivity index (χ2v) is 6.23. The summed E-state index contributed by atoms with van der Waals surface area (Å²) in [5.41, 5.74) is 2.80. The number of hydrogen-bond donors (Lipinski definition) is 2. The topological polar surface area (TPSA) is 36.8 Å². The second kappa shape index (κ2) is 7.45. The number of anilines is 2. The molecule has 0 aromatic heterocycles. The van der Waals surface area contributed by atoms with Gasteiger partial charge >= 0.3 is 0 Å². The fraction of sp³-hybridized carbons (Fsp3) is 0.316. The van der Waals surface area contributed by atoms with E-state index in [0.29, 0.717) is 6.54 Å². The Hall–Kier alpha value is -2.40. The van der Waals surface area contributed by atoms with Crippen LogP contribution in [0.5, 0.6) is 0 Å². The molecule has 0 saturated carbocycles. The predicted molar refractivity (Wildman–Crippen MR) is 94.0 cm³/mol. The SMILES string of the molecule is Cc1ccccc1N1CC[NH+](CC(=O)Nc2ccccc2F)CC1. The summed E-state index contributed by atoms with van der Waals surface area (Å²) in [4.78, 5) is 15.7. The Bertz CT molecular complexity index is 711. The molecule has 1 saturated heterocycles. The van der Waals surface area contributed by atoms with Gasteiger partial charge in [0.2, 0.25) is 0 Å². The molecule has 0 aliphatic carbocycles. The summed E-state index contributed by atoms with van der Waals surface area (Å²) in [6.45, 7) is 6.14. The molecule has 1 aliphatic rings. The summed E-state index contributed by atoms with van der Waals surface area (Å²) < 4.78 is 13.6. The lowest BCUT2D eigenvalue weighted by Gasteiger charge is -2.34. The standard InChI is InChI=1S/C19H22FN3O/c1-15-6-2-5-9-18(15)23-12-10-22(11-13-23)14-19(24)21-17-8-4-3-7-16(17)20/h2-9H,10-14H2,1H3,(H,21,24)/p+1. The van der Waals surface area contributed by atoms with Gasteiger partial charge in [0.15, 0.2) is 6.54 Å². The summed E-state index contributed by atoms with van der Waals surface area (Å²) >= 11 is 0. The van der Waals surface area contributed by atoms with E-state index in [4.69, 9.17) is 0 Å². The van der Waals surface area contributed by atoms with Crippen LogP contribution in [0.25, 0.3) is 0 Å². The van der Waals surface area contributed by atoms with Crippen LogP contribution >= 0.6 is 0 Å². The van der Waals surface area contributed by atoms with Crippen LogP contribution in [0, 0.1) is 12.7 Å². The van der Waals surface area contributed by atoms with Crippen molar-refractivity contribution >= 4 is 17.3 Å². The van der Waals surface area contributed by atoms with Gasteiger partial charge < -0.3 is 15.1 Å². The maximum atomic E-state index is 13.6. The number of quaternary nitrogens is 1. The lowest BCUT2D eigenvalue weighted by molar-refractivity contribution is -0.892. The quantitative estimate of drug-likeness (QED) is 0.892. The number of nitrogens with zero attached hydrogens (tertiary/aromatic N) is 1. The Labute approximate surface area is 141 Å². The molecule has 0 bridgehead atoms. The van der Waals surface area contributed by atoms with Crippen LogP contribution in [-0.2, 0) is 4.79 Å². The van der Waals surface area contributed by atoms with Gasteiger partial charge in [0.1, 0.15) is 5.82 Å². The molecule has 1 aliphatic heterocycles. The molecule has 0 spiro atoms. The van der Waals surface area contributed by atoms with E-state index in [-0.39, 0.29) is 11.6 Å². The number of nitrogens with one attached hydrogen (secondary N) is 2. The molecule has 2 aromatic carbocycles. The highest BCUT2D eigenvalue weighted by Crippen LogP contribution is 2.18. The van der Waals surface area contributed by atoms with Gasteiger partial charge in [0, 0.05) is 5.69 Å². The highest BCUT2D eigenvalue weighted by molar-refractivity contribution is 5.91. The summed E-state index contributed by atoms with van der Waals surface area (Å²) in [5.74, 6) is -0.537. The molecule has 2 N–H and O–H groups in total. The third-order valence-electron chi connectivity index (χ3n) is 4.49. The number of hydrogen-bond acceptors (Lipinski definition) is 2. The van der Waals surface area contributed by atoms with Crippen LogP contribution in [0.2, 0.25) is 0 Å². The van der Waals surface area contributed by atoms with E-state index in [2.05, 4.69) is 35.3 Å². The van der Waals surface area contributed by atoms with Crippen LogP contribution in [0.4, 0.5) is 15.8 Å². The van der Waals surface area contributed by atoms with E-state index in [0.717, 1.165) is 26.2 Å². The van der Waals surface area contributed by atoms with Crippen molar-refractivity contribution in [3.8, 4) is 0 Å². The maximum absolute atomic E-state index is 13.6. The van der Waals surface area contributed by atoms with Gasteiger partial charge in [0.25, 0.3) is 5.91 Å². The van der Waals surface area contributed by atoms with Gasteiger partial charge in [-0.1, -0.05) is 30.3 Å². The smallest absolute Gasteiger partial charge is 0.279 e. The predicted octanol–water partition coefficient (Wildman–Crippen LogP) is 1.48. The third-order valence-corrected chi connectivity index (χ3v) is 4.49. The lowest BCUT2D eigenvalue weighted by atomic mass is 10.1. The first-order valence-electron chi connectivity index (χ1n) is 8.32. The zero-order chi connectivity index (χ0) is 16.9. The molecule has 1 heterocycles. The normalized spacial score (nSPS) is 15.3. The molecule has 0 radical (unpaired) electrons. The average molecular weight is 328 g/mol. The first kappa shape index (κ1) is 16.5. The first-order valence-corrected chi connectivity index (χ1v) is 8.32. The first-order chi connectivity index (χ1) is 11.6. The number of amides is 1. The Kier molecular flexibility index (Phi) is 5.11. The van der Waals surface area contributed by atoms with Crippen molar-refractivity contribution in [2.24, 2.45) is 0 Å². The number of rotatable bonds is 4. The van der Waals surface area contributed by atoms with E-state index in [1.165, 1.54) is 22.2 Å². The van der Waals surface area contributed by atoms with E-state index in [9.17, 15) is 9.18 Å². The van der Waals surface area contributed by atoms with Gasteiger partial charge in [0.05, 0.1) is 31.9 Å². The molecule has 2 aromatic rings. The molecule has 3 rings (SSSR count). The molecular weight excluding hydrogens is 305 g/mol. The summed E-state index contributed by atoms with van der Waals surface area (Å²) in [6, 6.07) is 14.6. The number of carbonyl (C=O) groups is 1. The number of carbonyl (C=O) groups excluding carboxylic acids is 1. The van der Waals surface area contributed by atoms with Gasteiger partial charge in [-0.3, -0.25) is 4.79 Å². The van der Waals surface area contributed by atoms with Gasteiger partial charge in [-0.05, 0) is 30.7 Å². The van der Waals surface area contributed by atoms with Crippen LogP contribution in [0.15, 0.2) is 48.5 Å². The van der Waals surface area contributed by atoms with Crippen molar-refractivity contribution in [1.82, 2.24) is 0 Å². The minimum atomic E-state index is -0.398. The van der Waals surface area contributed by atoms with Crippen molar-refractivity contribution in [1.29, 1.82) is 0 Å². The average Bonchev–Trinajstić information content (AvgIpc) is 2.58. The van der Waals surface area contributed by atoms with E-state index < -0.39 is 5.82 Å². The van der Waals surface area contributed by atoms with Gasteiger partial charge in [-0.25, -0.2) is 4.39 Å². The fourth-order valence-corrected chi connectivity index (χ4v) is 3.14. The Balaban J connectivity index is 1.51. The Morgan fingerprint density at radius 2 is 1.79 bits per heavy atom. The maximum Gasteiger partial charge on any atom is 0.279 e. The summed E-state index contributed by atoms with van der Waals surface area (Å²) in [7, 11) is 0. The lowest BCUT2D eigenvalue weighted by Crippen LogP contribution is -3.15. The molecule has 1 fully saturated rings. The highest BCUT2D eigenvalue weighted by atomic mass is 19.1. The Morgan fingerprint density at radius 3 is 2.50 bits per heavy atom. The monoisotopic (exact) mass is 328 g/mol. The molecule has 126 valence electrons. The fourth-order valence-electron chi connectivity index (χ4n) is 3.14. The van der Waals surface area contributed by atoms with Crippen LogP contribution in [0.3, 0.4) is 0 Å². The second-order valence-electron chi connectivity index (χ2n) is 6.23. The van der Waals surface area contributed by atoms with E-state index >= 15 is 0 Å². The highest BCUT2D eigenvalue weighted by Gasteiger charge is 2.23. The van der Waals surface area contributed by atoms with Crippen molar-refractivity contribution < 1.29 is 14.1 Å². The van der Waals surface area contributed by atoms with Crippen LogP contribution < -0.4 is 15.1 Å². The van der Waals surface area contributed by atoms with E-state index in [1.807, 2.05) is 6.07 Å². The molecular formula is C19H23FN3O+. The van der Waals surface area contributed by atoms with Crippen molar-refractivity contribution in [3.63, 3.8) is 0 Å². The molecule has 4 nitrogen and oxygen atoms in total. The molecule has 24 heavy (non-hydrogen) atoms. The molecule has 1 amide bonds. The summed E-state index contributed by atoms with van der Waals surface area (Å²) in [5, 5.41) is 2.66. The third kappa shape index (κ3) is 3.92. The summed E-state index contributed by atoms with van der Waals surface area (Å²) in [6.07, 6.45) is 0. The minimum absolute atomic E-state index is 0.139. The van der Waals surface area contributed by atoms with Crippen molar-refractivity contribution in [2.75, 3.05) is 42.9 Å². The largest absolute Gasteiger partial charge is 0.360 e. The zero-order valence-electron chi connectivity index (χ0n) is 13.9. The Morgan fingerprint density at radius 1 is 1.12 bits per heavy atom. The van der Waals surface area contributed by atoms with Crippen LogP contribution in [-0.4, -0.2) is 38.6 Å². The number of halogens is 1. The number of benzene rings is 2. The van der Waals surface area contributed by atoms with E-state index in [1.54, 1.807) is 18.2 Å². The molecule has 5 heteroatoms. The molecule has 0 atom stereocenters. The number of para-hydroxylation sites is 2. The van der Waals surface area contributed by atoms with Crippen LogP contribution in [0.1, 0.15) is 5.56 Å². The zero-order valence-corrected chi connectivity index (χ0v) is 13.9. The van der Waals surface area contributed by atoms with Gasteiger partial charge in [-0.2, -0.15) is 0 Å².